The average Bonchev–Trinajstić information content (AvgIpc) is 3.74. The van der Waals surface area contributed by atoms with Gasteiger partial charge in [0.05, 0.1) is 11.1 Å². The van der Waals surface area contributed by atoms with Crippen molar-refractivity contribution in [1.29, 1.82) is 0 Å². The number of ketones is 2. The summed E-state index contributed by atoms with van der Waals surface area (Å²) in [5.74, 6) is -0.543. The van der Waals surface area contributed by atoms with E-state index in [0.717, 1.165) is 16.3 Å². The maximum absolute atomic E-state index is 13.0. The molecule has 0 amide bonds. The molecule has 3 aromatic carbocycles. The molecule has 4 nitrogen and oxygen atoms in total. The molecule has 0 spiro atoms. The Morgan fingerprint density at radius 3 is 2.36 bits per heavy atom. The summed E-state index contributed by atoms with van der Waals surface area (Å²) >= 11 is 3.43. The predicted octanol–water partition coefficient (Wildman–Crippen LogP) is 9.60. The number of thiophene rings is 2. The minimum atomic E-state index is -0.296. The lowest BCUT2D eigenvalue weighted by molar-refractivity contribution is 0.0989. The number of allylic oxidation sites excluding steroid dienone is 1. The van der Waals surface area contributed by atoms with Gasteiger partial charge in [0.2, 0.25) is 5.78 Å². The molecular formula is C36H24N2O2S2. The minimum absolute atomic E-state index is 0.193. The van der Waals surface area contributed by atoms with Gasteiger partial charge in [0.1, 0.15) is 10.7 Å². The van der Waals surface area contributed by atoms with E-state index in [-0.39, 0.29) is 28.2 Å². The Hall–Kier alpha value is -4.65. The smallest absolute Gasteiger partial charge is 0.216 e. The van der Waals surface area contributed by atoms with Gasteiger partial charge in [-0.3, -0.25) is 14.6 Å². The Bertz CT molecular complexity index is 2050. The van der Waals surface area contributed by atoms with Crippen LogP contribution in [0.5, 0.6) is 0 Å². The first-order valence-corrected chi connectivity index (χ1v) is 15.4. The molecule has 0 bridgehead atoms. The number of carbonyl (C=O) groups excluding carboxylic acids is 2. The van der Waals surface area contributed by atoms with Crippen molar-refractivity contribution in [3.05, 3.63) is 136 Å². The van der Waals surface area contributed by atoms with Gasteiger partial charge >= 0.3 is 0 Å². The van der Waals surface area contributed by atoms with Crippen LogP contribution >= 0.6 is 22.7 Å². The first-order valence-electron chi connectivity index (χ1n) is 13.8. The quantitative estimate of drug-likeness (QED) is 0.154. The van der Waals surface area contributed by atoms with Gasteiger partial charge in [-0.1, -0.05) is 56.3 Å². The van der Waals surface area contributed by atoms with Gasteiger partial charge in [-0.15, -0.1) is 22.7 Å². The summed E-state index contributed by atoms with van der Waals surface area (Å²) in [6.07, 6.45) is 3.30. The van der Waals surface area contributed by atoms with Crippen molar-refractivity contribution in [1.82, 2.24) is 4.98 Å². The number of pyridine rings is 1. The molecule has 0 unspecified atom stereocenters. The fourth-order valence-corrected chi connectivity index (χ4v) is 8.56. The third-order valence-corrected chi connectivity index (χ3v) is 10.5. The molecule has 8 rings (SSSR count). The van der Waals surface area contributed by atoms with E-state index in [1.165, 1.54) is 36.7 Å². The number of fused-ring (bicyclic) bond motifs is 5. The van der Waals surface area contributed by atoms with E-state index in [0.29, 0.717) is 5.56 Å². The van der Waals surface area contributed by atoms with Gasteiger partial charge in [0, 0.05) is 37.4 Å². The average molecular weight is 581 g/mol. The molecule has 42 heavy (non-hydrogen) atoms. The summed E-state index contributed by atoms with van der Waals surface area (Å²) in [5, 5.41) is 2.41. The van der Waals surface area contributed by atoms with Crippen molar-refractivity contribution >= 4 is 66.8 Å². The number of rotatable bonds is 4. The molecule has 3 aromatic heterocycles. The van der Waals surface area contributed by atoms with Crippen LogP contribution in [-0.2, 0) is 5.41 Å². The van der Waals surface area contributed by atoms with Crippen LogP contribution in [0.4, 0.5) is 16.4 Å². The second-order valence-electron chi connectivity index (χ2n) is 11.2. The molecule has 0 saturated carbocycles. The van der Waals surface area contributed by atoms with Gasteiger partial charge in [-0.05, 0) is 82.7 Å². The second kappa shape index (κ2) is 9.18. The molecule has 0 atom stereocenters. The van der Waals surface area contributed by atoms with Gasteiger partial charge in [0.25, 0.3) is 0 Å². The van der Waals surface area contributed by atoms with Crippen LogP contribution in [0.3, 0.4) is 0 Å². The molecule has 0 N–H and O–H groups in total. The summed E-state index contributed by atoms with van der Waals surface area (Å²) in [5.41, 5.74) is 6.50. The van der Waals surface area contributed by atoms with Crippen molar-refractivity contribution in [2.45, 2.75) is 19.3 Å². The number of benzene rings is 3. The van der Waals surface area contributed by atoms with Crippen molar-refractivity contribution in [3.8, 4) is 10.4 Å². The normalized spacial score (nSPS) is 15.7. The van der Waals surface area contributed by atoms with Crippen LogP contribution in [0.15, 0.2) is 109 Å². The first-order chi connectivity index (χ1) is 20.4. The van der Waals surface area contributed by atoms with Gasteiger partial charge in [-0.2, -0.15) is 0 Å². The highest BCUT2D eigenvalue weighted by molar-refractivity contribution is 7.23. The van der Waals surface area contributed by atoms with Crippen LogP contribution < -0.4 is 4.90 Å². The lowest BCUT2D eigenvalue weighted by atomic mass is 9.82. The number of para-hydroxylation sites is 1. The molecule has 0 saturated heterocycles. The largest absolute Gasteiger partial charge is 0.302 e. The fourth-order valence-electron chi connectivity index (χ4n) is 6.15. The number of Topliss-reactive ketones (excluding diaryl/α,β-unsaturated/α-hetero) is 2. The number of carbonyl (C=O) groups is 2. The summed E-state index contributed by atoms with van der Waals surface area (Å²) in [7, 11) is 0. The maximum atomic E-state index is 13.0. The number of nitrogens with zero attached hydrogens (tertiary/aromatic N) is 2. The van der Waals surface area contributed by atoms with Crippen molar-refractivity contribution in [3.63, 3.8) is 0 Å². The van der Waals surface area contributed by atoms with Crippen molar-refractivity contribution < 1.29 is 9.59 Å². The SMILES string of the molecule is CC1(C)c2cc(N(c3ccccc3)c3cc4ccccc4s3)ccc2-c2sc(/C=C3\C(=O)c4cccnc4C3=O)cc21. The standard InChI is InChI=1S/C36H24N2O2S2/c1-36(2)28-18-23(38(22-10-4-3-5-11-22)31-17-21-9-6-7-13-30(21)42-31)14-15-25(28)35-29(36)20-24(41-35)19-27-33(39)26-12-8-16-37-32(26)34(27)40/h3-20H,1-2H3/b27-19+. The van der Waals surface area contributed by atoms with Crippen molar-refractivity contribution in [2.24, 2.45) is 0 Å². The van der Waals surface area contributed by atoms with Gasteiger partial charge < -0.3 is 4.90 Å². The Morgan fingerprint density at radius 1 is 0.738 bits per heavy atom. The summed E-state index contributed by atoms with van der Waals surface area (Å²) in [4.78, 5) is 34.5. The predicted molar refractivity (Wildman–Crippen MR) is 173 cm³/mol. The first kappa shape index (κ1) is 25.1. The van der Waals surface area contributed by atoms with E-state index >= 15 is 0 Å². The second-order valence-corrected chi connectivity index (χ2v) is 13.3. The molecule has 0 radical (unpaired) electrons. The number of anilines is 3. The number of hydrogen-bond acceptors (Lipinski definition) is 6. The van der Waals surface area contributed by atoms with Gasteiger partial charge in [-0.25, -0.2) is 0 Å². The zero-order valence-electron chi connectivity index (χ0n) is 22.9. The Balaban J connectivity index is 1.21. The van der Waals surface area contributed by atoms with Crippen LogP contribution in [0, 0.1) is 0 Å². The lowest BCUT2D eigenvalue weighted by Gasteiger charge is -2.27. The Morgan fingerprint density at radius 2 is 1.55 bits per heavy atom. The van der Waals surface area contributed by atoms with E-state index in [9.17, 15) is 9.59 Å². The summed E-state index contributed by atoms with van der Waals surface area (Å²) < 4.78 is 1.26. The zero-order chi connectivity index (χ0) is 28.6. The molecular weight excluding hydrogens is 557 g/mol. The van der Waals surface area contributed by atoms with E-state index in [1.54, 1.807) is 47.1 Å². The van der Waals surface area contributed by atoms with E-state index < -0.39 is 0 Å². The third-order valence-electron chi connectivity index (χ3n) is 8.29. The number of aromatic nitrogens is 1. The van der Waals surface area contributed by atoms with E-state index in [4.69, 9.17) is 0 Å². The highest BCUT2D eigenvalue weighted by Crippen LogP contribution is 2.54. The molecule has 6 aromatic rings. The molecule has 202 valence electrons. The van der Waals surface area contributed by atoms with Crippen molar-refractivity contribution in [2.75, 3.05) is 4.90 Å². The Labute approximate surface area is 251 Å². The molecule has 2 aliphatic rings. The molecule has 0 aliphatic heterocycles. The highest BCUT2D eigenvalue weighted by Gasteiger charge is 2.39. The lowest BCUT2D eigenvalue weighted by Crippen LogP contribution is -2.16. The Kier molecular flexibility index (Phi) is 5.48. The third kappa shape index (κ3) is 3.69. The highest BCUT2D eigenvalue weighted by atomic mass is 32.1. The zero-order valence-corrected chi connectivity index (χ0v) is 24.6. The van der Waals surface area contributed by atoms with Crippen LogP contribution in [-0.4, -0.2) is 16.6 Å². The molecule has 2 aliphatic carbocycles. The topological polar surface area (TPSA) is 50.3 Å². The molecule has 0 fully saturated rings. The van der Waals surface area contributed by atoms with Gasteiger partial charge in [0.15, 0.2) is 5.78 Å². The molecule has 3 heterocycles. The van der Waals surface area contributed by atoms with Crippen LogP contribution in [0.1, 0.15) is 50.7 Å². The fraction of sp³-hybridized carbons (Fsp3) is 0.0833. The summed E-state index contributed by atoms with van der Waals surface area (Å²) in [6, 6.07) is 33.5. The summed E-state index contributed by atoms with van der Waals surface area (Å²) in [6.45, 7) is 4.51. The van der Waals surface area contributed by atoms with Crippen LogP contribution in [0.25, 0.3) is 26.6 Å². The molecule has 6 heteroatoms. The minimum Gasteiger partial charge on any atom is -0.302 e. The monoisotopic (exact) mass is 580 g/mol. The van der Waals surface area contributed by atoms with Crippen LogP contribution in [0.2, 0.25) is 0 Å². The van der Waals surface area contributed by atoms with E-state index in [2.05, 4.69) is 103 Å². The van der Waals surface area contributed by atoms with E-state index in [1.807, 2.05) is 6.07 Å². The number of hydrogen-bond donors (Lipinski definition) is 0. The maximum Gasteiger partial charge on any atom is 0.216 e.